The van der Waals surface area contributed by atoms with E-state index in [4.69, 9.17) is 0 Å². The Bertz CT molecular complexity index is 407. The van der Waals surface area contributed by atoms with Crippen molar-refractivity contribution in [1.82, 2.24) is 20.5 Å². The van der Waals surface area contributed by atoms with Crippen LogP contribution >= 0.6 is 11.3 Å². The first-order valence-electron chi connectivity index (χ1n) is 4.89. The largest absolute Gasteiger partial charge is 0.304 e. The molecule has 2 aromatic rings. The molecule has 2 heterocycles. The minimum absolute atomic E-state index is 0.286. The number of thiazole rings is 1. The SMILES string of the molecule is Cc1ncsc1CNC(C)c1ccn[nH]1. The van der Waals surface area contributed by atoms with Crippen molar-refractivity contribution in [3.05, 3.63) is 34.0 Å². The van der Waals surface area contributed by atoms with E-state index in [-0.39, 0.29) is 6.04 Å². The van der Waals surface area contributed by atoms with Gasteiger partial charge in [0.15, 0.2) is 0 Å². The maximum absolute atomic E-state index is 4.22. The molecule has 0 aliphatic carbocycles. The molecule has 0 aromatic carbocycles. The molecule has 1 atom stereocenters. The average Bonchev–Trinajstić information content (AvgIpc) is 2.85. The third-order valence-corrected chi connectivity index (χ3v) is 3.34. The summed E-state index contributed by atoms with van der Waals surface area (Å²) < 4.78 is 0. The Kier molecular flexibility index (Phi) is 3.13. The highest BCUT2D eigenvalue weighted by molar-refractivity contribution is 7.09. The lowest BCUT2D eigenvalue weighted by molar-refractivity contribution is 0.562. The molecule has 0 saturated carbocycles. The molecule has 0 aliphatic rings. The monoisotopic (exact) mass is 222 g/mol. The van der Waals surface area contributed by atoms with Gasteiger partial charge in [-0.15, -0.1) is 11.3 Å². The molecule has 0 spiro atoms. The van der Waals surface area contributed by atoms with Gasteiger partial charge in [0.2, 0.25) is 0 Å². The summed E-state index contributed by atoms with van der Waals surface area (Å²) in [4.78, 5) is 5.51. The standard InChI is InChI=1S/C10H14N4S/c1-7(9-3-4-13-14-9)11-5-10-8(2)12-6-15-10/h3-4,6-7,11H,5H2,1-2H3,(H,13,14). The predicted molar refractivity (Wildman–Crippen MR) is 60.7 cm³/mol. The normalized spacial score (nSPS) is 12.9. The van der Waals surface area contributed by atoms with Gasteiger partial charge < -0.3 is 5.32 Å². The van der Waals surface area contributed by atoms with Crippen molar-refractivity contribution < 1.29 is 0 Å². The van der Waals surface area contributed by atoms with Crippen molar-refractivity contribution in [2.45, 2.75) is 26.4 Å². The summed E-state index contributed by atoms with van der Waals surface area (Å²) in [6.07, 6.45) is 1.77. The van der Waals surface area contributed by atoms with Gasteiger partial charge in [0.25, 0.3) is 0 Å². The van der Waals surface area contributed by atoms with E-state index in [1.54, 1.807) is 17.5 Å². The number of H-pyrrole nitrogens is 1. The van der Waals surface area contributed by atoms with Crippen LogP contribution in [0.5, 0.6) is 0 Å². The van der Waals surface area contributed by atoms with Gasteiger partial charge in [0, 0.05) is 23.7 Å². The second-order valence-corrected chi connectivity index (χ2v) is 4.41. The summed E-state index contributed by atoms with van der Waals surface area (Å²) in [5.74, 6) is 0. The number of rotatable bonds is 4. The zero-order chi connectivity index (χ0) is 10.7. The number of hydrogen-bond donors (Lipinski definition) is 2. The maximum atomic E-state index is 4.22. The van der Waals surface area contributed by atoms with E-state index in [1.807, 2.05) is 18.5 Å². The van der Waals surface area contributed by atoms with E-state index in [1.165, 1.54) is 4.88 Å². The third kappa shape index (κ3) is 2.43. The Labute approximate surface area is 92.8 Å². The summed E-state index contributed by atoms with van der Waals surface area (Å²) in [7, 11) is 0. The van der Waals surface area contributed by atoms with Crippen LogP contribution in [-0.2, 0) is 6.54 Å². The molecule has 15 heavy (non-hydrogen) atoms. The van der Waals surface area contributed by atoms with Crippen molar-refractivity contribution in [3.8, 4) is 0 Å². The number of nitrogens with zero attached hydrogens (tertiary/aromatic N) is 2. The molecule has 0 fully saturated rings. The van der Waals surface area contributed by atoms with E-state index >= 15 is 0 Å². The molecule has 2 aromatic heterocycles. The first-order chi connectivity index (χ1) is 7.27. The lowest BCUT2D eigenvalue weighted by Crippen LogP contribution is -2.18. The molecule has 0 saturated heterocycles. The fraction of sp³-hybridized carbons (Fsp3) is 0.400. The lowest BCUT2D eigenvalue weighted by atomic mass is 10.2. The highest BCUT2D eigenvalue weighted by Gasteiger charge is 2.07. The van der Waals surface area contributed by atoms with Gasteiger partial charge in [-0.05, 0) is 19.9 Å². The van der Waals surface area contributed by atoms with Crippen molar-refractivity contribution >= 4 is 11.3 Å². The van der Waals surface area contributed by atoms with Crippen LogP contribution in [0.1, 0.15) is 29.2 Å². The van der Waals surface area contributed by atoms with E-state index < -0.39 is 0 Å². The Morgan fingerprint density at radius 3 is 3.07 bits per heavy atom. The van der Waals surface area contributed by atoms with Gasteiger partial charge in [-0.25, -0.2) is 4.98 Å². The number of nitrogens with one attached hydrogen (secondary N) is 2. The molecular formula is C10H14N4S. The summed E-state index contributed by atoms with van der Waals surface area (Å²) in [5.41, 5.74) is 4.11. The lowest BCUT2D eigenvalue weighted by Gasteiger charge is -2.10. The van der Waals surface area contributed by atoms with E-state index in [0.29, 0.717) is 0 Å². The predicted octanol–water partition coefficient (Wildman–Crippen LogP) is 2.03. The Hall–Kier alpha value is -1.20. The van der Waals surface area contributed by atoms with Gasteiger partial charge >= 0.3 is 0 Å². The first kappa shape index (κ1) is 10.3. The summed E-state index contributed by atoms with van der Waals surface area (Å²) in [6.45, 7) is 5.01. The zero-order valence-corrected chi connectivity index (χ0v) is 9.64. The van der Waals surface area contributed by atoms with Crippen LogP contribution in [0.15, 0.2) is 17.8 Å². The van der Waals surface area contributed by atoms with Crippen molar-refractivity contribution in [2.75, 3.05) is 0 Å². The molecule has 0 radical (unpaired) electrons. The molecular weight excluding hydrogens is 208 g/mol. The van der Waals surface area contributed by atoms with Gasteiger partial charge in [0.1, 0.15) is 0 Å². The molecule has 80 valence electrons. The van der Waals surface area contributed by atoms with Crippen LogP contribution in [0.2, 0.25) is 0 Å². The molecule has 2 N–H and O–H groups in total. The highest BCUT2D eigenvalue weighted by Crippen LogP contribution is 2.14. The quantitative estimate of drug-likeness (QED) is 0.832. The van der Waals surface area contributed by atoms with Crippen molar-refractivity contribution in [2.24, 2.45) is 0 Å². The molecule has 1 unspecified atom stereocenters. The molecule has 0 bridgehead atoms. The van der Waals surface area contributed by atoms with Gasteiger partial charge in [0.05, 0.1) is 16.9 Å². The second-order valence-electron chi connectivity index (χ2n) is 3.48. The van der Waals surface area contributed by atoms with Gasteiger partial charge in [-0.2, -0.15) is 5.10 Å². The van der Waals surface area contributed by atoms with Crippen LogP contribution in [0, 0.1) is 6.92 Å². The van der Waals surface area contributed by atoms with Crippen molar-refractivity contribution in [1.29, 1.82) is 0 Å². The molecule has 4 nitrogen and oxygen atoms in total. The molecule has 5 heteroatoms. The Morgan fingerprint density at radius 2 is 2.47 bits per heavy atom. The first-order valence-corrected chi connectivity index (χ1v) is 5.77. The number of aryl methyl sites for hydroxylation is 1. The Balaban J connectivity index is 1.91. The fourth-order valence-corrected chi connectivity index (χ4v) is 2.09. The van der Waals surface area contributed by atoms with Gasteiger partial charge in [-0.1, -0.05) is 0 Å². The van der Waals surface area contributed by atoms with Crippen LogP contribution in [0.25, 0.3) is 0 Å². The summed E-state index contributed by atoms with van der Waals surface area (Å²) in [5, 5.41) is 10.3. The summed E-state index contributed by atoms with van der Waals surface area (Å²) >= 11 is 1.69. The number of hydrogen-bond acceptors (Lipinski definition) is 4. The van der Waals surface area contributed by atoms with E-state index in [2.05, 4.69) is 27.4 Å². The van der Waals surface area contributed by atoms with Crippen LogP contribution in [-0.4, -0.2) is 15.2 Å². The minimum atomic E-state index is 0.286. The molecule has 0 aliphatic heterocycles. The molecule has 0 amide bonds. The zero-order valence-electron chi connectivity index (χ0n) is 8.82. The van der Waals surface area contributed by atoms with E-state index in [9.17, 15) is 0 Å². The van der Waals surface area contributed by atoms with E-state index in [0.717, 1.165) is 17.9 Å². The highest BCUT2D eigenvalue weighted by atomic mass is 32.1. The minimum Gasteiger partial charge on any atom is -0.304 e. The third-order valence-electron chi connectivity index (χ3n) is 2.40. The average molecular weight is 222 g/mol. The van der Waals surface area contributed by atoms with Crippen LogP contribution in [0.3, 0.4) is 0 Å². The maximum Gasteiger partial charge on any atom is 0.0798 e. The smallest absolute Gasteiger partial charge is 0.0798 e. The second kappa shape index (κ2) is 4.55. The van der Waals surface area contributed by atoms with Crippen LogP contribution in [0.4, 0.5) is 0 Å². The fourth-order valence-electron chi connectivity index (χ4n) is 1.36. The number of aromatic nitrogens is 3. The molecule has 2 rings (SSSR count). The summed E-state index contributed by atoms with van der Waals surface area (Å²) in [6, 6.07) is 2.27. The van der Waals surface area contributed by atoms with Gasteiger partial charge in [-0.3, -0.25) is 5.10 Å². The van der Waals surface area contributed by atoms with Crippen LogP contribution < -0.4 is 5.32 Å². The van der Waals surface area contributed by atoms with Crippen molar-refractivity contribution in [3.63, 3.8) is 0 Å². The number of aromatic amines is 1. The topological polar surface area (TPSA) is 53.6 Å². The Morgan fingerprint density at radius 1 is 1.60 bits per heavy atom.